The van der Waals surface area contributed by atoms with Crippen LogP contribution in [0.3, 0.4) is 0 Å². The number of hydrogen-bond acceptors (Lipinski definition) is 4. The Morgan fingerprint density at radius 2 is 1.73 bits per heavy atom. The van der Waals surface area contributed by atoms with E-state index in [0.717, 1.165) is 11.1 Å². The minimum absolute atomic E-state index is 0.249. The van der Waals surface area contributed by atoms with Gasteiger partial charge in [0, 0.05) is 6.07 Å². The molecule has 0 saturated carbocycles. The van der Waals surface area contributed by atoms with E-state index in [0.29, 0.717) is 23.5 Å². The molecule has 0 bridgehead atoms. The molecular formula is C17H16O4S. The average molecular weight is 316 g/mol. The van der Waals surface area contributed by atoms with Gasteiger partial charge in [-0.1, -0.05) is 30.3 Å². The van der Waals surface area contributed by atoms with Crippen LogP contribution >= 0.6 is 0 Å². The number of benzene rings is 2. The molecule has 2 aromatic carbocycles. The Balaban J connectivity index is 1.89. The molecule has 0 unspecified atom stereocenters. The van der Waals surface area contributed by atoms with Gasteiger partial charge in [-0.05, 0) is 42.2 Å². The summed E-state index contributed by atoms with van der Waals surface area (Å²) in [7, 11) is -2.28. The van der Waals surface area contributed by atoms with Crippen LogP contribution in [0.4, 0.5) is 0 Å². The van der Waals surface area contributed by atoms with Gasteiger partial charge in [0.15, 0.2) is 0 Å². The second-order valence-corrected chi connectivity index (χ2v) is 6.63. The standard InChI is InChI=1S/C17H16O4S/c1-20-15-7-4-8-16(12-15)21-22(18,19)17-10-9-13-5-2-3-6-14(13)11-17/h2-8,11-12H,9-10H2,1H3. The molecule has 0 amide bonds. The van der Waals surface area contributed by atoms with Crippen LogP contribution in [-0.2, 0) is 16.5 Å². The SMILES string of the molecule is COc1cccc(OS(=O)(=O)C2=Cc3ccccc3CC2)c1. The van der Waals surface area contributed by atoms with Gasteiger partial charge < -0.3 is 8.92 Å². The first kappa shape index (κ1) is 14.7. The molecule has 3 rings (SSSR count). The number of ether oxygens (including phenoxy) is 1. The van der Waals surface area contributed by atoms with E-state index in [4.69, 9.17) is 8.92 Å². The van der Waals surface area contributed by atoms with Crippen molar-refractivity contribution in [2.75, 3.05) is 7.11 Å². The largest absolute Gasteiger partial charge is 0.497 e. The van der Waals surface area contributed by atoms with E-state index < -0.39 is 10.1 Å². The van der Waals surface area contributed by atoms with Crippen LogP contribution in [0.2, 0.25) is 0 Å². The monoisotopic (exact) mass is 316 g/mol. The van der Waals surface area contributed by atoms with Crippen LogP contribution in [0.15, 0.2) is 53.4 Å². The molecule has 0 radical (unpaired) electrons. The minimum Gasteiger partial charge on any atom is -0.497 e. The van der Waals surface area contributed by atoms with Crippen molar-refractivity contribution in [3.63, 3.8) is 0 Å². The van der Waals surface area contributed by atoms with Crippen LogP contribution in [-0.4, -0.2) is 15.5 Å². The van der Waals surface area contributed by atoms with Gasteiger partial charge in [-0.3, -0.25) is 0 Å². The number of rotatable bonds is 4. The molecular weight excluding hydrogens is 300 g/mol. The van der Waals surface area contributed by atoms with E-state index in [-0.39, 0.29) is 5.75 Å². The highest BCUT2D eigenvalue weighted by Gasteiger charge is 2.23. The quantitative estimate of drug-likeness (QED) is 0.811. The summed E-state index contributed by atoms with van der Waals surface area (Å²) in [5.74, 6) is 0.801. The first-order valence-corrected chi connectivity index (χ1v) is 8.36. The Hall–Kier alpha value is -2.27. The fraction of sp³-hybridized carbons (Fsp3) is 0.176. The highest BCUT2D eigenvalue weighted by Crippen LogP contribution is 2.29. The van der Waals surface area contributed by atoms with E-state index >= 15 is 0 Å². The second-order valence-electron chi connectivity index (χ2n) is 5.03. The van der Waals surface area contributed by atoms with Crippen molar-refractivity contribution in [3.05, 3.63) is 64.6 Å². The fourth-order valence-electron chi connectivity index (χ4n) is 2.44. The molecule has 114 valence electrons. The molecule has 0 N–H and O–H groups in total. The third-order valence-electron chi connectivity index (χ3n) is 3.58. The first-order chi connectivity index (χ1) is 10.6. The molecule has 1 aliphatic rings. The zero-order chi connectivity index (χ0) is 15.6. The second kappa shape index (κ2) is 5.85. The number of aryl methyl sites for hydroxylation is 1. The van der Waals surface area contributed by atoms with Gasteiger partial charge in [0.1, 0.15) is 11.5 Å². The third kappa shape index (κ3) is 2.99. The van der Waals surface area contributed by atoms with Crippen LogP contribution in [0, 0.1) is 0 Å². The van der Waals surface area contributed by atoms with Crippen molar-refractivity contribution in [1.82, 2.24) is 0 Å². The lowest BCUT2D eigenvalue weighted by Crippen LogP contribution is -2.15. The highest BCUT2D eigenvalue weighted by molar-refractivity contribution is 7.91. The van der Waals surface area contributed by atoms with E-state index in [1.165, 1.54) is 7.11 Å². The van der Waals surface area contributed by atoms with E-state index in [2.05, 4.69) is 0 Å². The molecule has 0 atom stereocenters. The summed E-state index contributed by atoms with van der Waals surface area (Å²) in [6.07, 6.45) is 2.83. The summed E-state index contributed by atoms with van der Waals surface area (Å²) in [6, 6.07) is 14.3. The van der Waals surface area contributed by atoms with E-state index in [1.54, 1.807) is 30.3 Å². The van der Waals surface area contributed by atoms with Crippen LogP contribution < -0.4 is 8.92 Å². The zero-order valence-electron chi connectivity index (χ0n) is 12.2. The smallest absolute Gasteiger partial charge is 0.335 e. The number of allylic oxidation sites excluding steroid dienone is 1. The van der Waals surface area contributed by atoms with Crippen molar-refractivity contribution in [2.45, 2.75) is 12.8 Å². The molecule has 2 aromatic rings. The van der Waals surface area contributed by atoms with Gasteiger partial charge in [0.2, 0.25) is 0 Å². The number of fused-ring (bicyclic) bond motifs is 1. The molecule has 1 aliphatic carbocycles. The van der Waals surface area contributed by atoms with Crippen LogP contribution in [0.1, 0.15) is 17.5 Å². The fourth-order valence-corrected chi connectivity index (χ4v) is 3.52. The lowest BCUT2D eigenvalue weighted by Gasteiger charge is -2.16. The van der Waals surface area contributed by atoms with Gasteiger partial charge >= 0.3 is 10.1 Å². The molecule has 5 heteroatoms. The molecule has 0 fully saturated rings. The summed E-state index contributed by atoms with van der Waals surface area (Å²) < 4.78 is 35.2. The Morgan fingerprint density at radius 3 is 2.55 bits per heavy atom. The van der Waals surface area contributed by atoms with Crippen molar-refractivity contribution >= 4 is 16.2 Å². The highest BCUT2D eigenvalue weighted by atomic mass is 32.2. The Morgan fingerprint density at radius 1 is 0.955 bits per heavy atom. The van der Waals surface area contributed by atoms with Gasteiger partial charge in [-0.15, -0.1) is 0 Å². The molecule has 4 nitrogen and oxygen atoms in total. The van der Waals surface area contributed by atoms with Crippen molar-refractivity contribution < 1.29 is 17.3 Å². The molecule has 0 spiro atoms. The minimum atomic E-state index is -3.80. The Kier molecular flexibility index (Phi) is 3.90. The molecule has 22 heavy (non-hydrogen) atoms. The average Bonchev–Trinajstić information content (AvgIpc) is 2.54. The van der Waals surface area contributed by atoms with Gasteiger partial charge in [-0.2, -0.15) is 8.42 Å². The number of methoxy groups -OCH3 is 1. The summed E-state index contributed by atoms with van der Waals surface area (Å²) in [6.45, 7) is 0. The molecule has 0 aromatic heterocycles. The van der Waals surface area contributed by atoms with Gasteiger partial charge in [0.25, 0.3) is 0 Å². The van der Waals surface area contributed by atoms with Crippen molar-refractivity contribution in [1.29, 1.82) is 0 Å². The van der Waals surface area contributed by atoms with E-state index in [9.17, 15) is 8.42 Å². The summed E-state index contributed by atoms with van der Waals surface area (Å²) in [5.41, 5.74) is 2.09. The van der Waals surface area contributed by atoms with E-state index in [1.807, 2.05) is 24.3 Å². The maximum Gasteiger partial charge on any atom is 0.335 e. The van der Waals surface area contributed by atoms with Gasteiger partial charge in [0.05, 0.1) is 12.0 Å². The van der Waals surface area contributed by atoms with Gasteiger partial charge in [-0.25, -0.2) is 0 Å². The third-order valence-corrected chi connectivity index (χ3v) is 4.96. The normalized spacial score (nSPS) is 14.0. The molecule has 0 aliphatic heterocycles. The molecule has 0 heterocycles. The zero-order valence-corrected chi connectivity index (χ0v) is 13.0. The lowest BCUT2D eigenvalue weighted by molar-refractivity contribution is 0.412. The predicted octanol–water partition coefficient (Wildman–Crippen LogP) is 3.39. The maximum absolute atomic E-state index is 12.4. The first-order valence-electron chi connectivity index (χ1n) is 6.95. The summed E-state index contributed by atoms with van der Waals surface area (Å²) >= 11 is 0. The summed E-state index contributed by atoms with van der Waals surface area (Å²) in [5, 5.41) is 0. The van der Waals surface area contributed by atoms with Crippen LogP contribution in [0.5, 0.6) is 11.5 Å². The Labute approximate surface area is 130 Å². The van der Waals surface area contributed by atoms with Crippen molar-refractivity contribution in [3.8, 4) is 11.5 Å². The van der Waals surface area contributed by atoms with Crippen molar-refractivity contribution in [2.24, 2.45) is 0 Å². The number of hydrogen-bond donors (Lipinski definition) is 0. The molecule has 0 saturated heterocycles. The summed E-state index contributed by atoms with van der Waals surface area (Å²) in [4.78, 5) is 0.300. The topological polar surface area (TPSA) is 52.6 Å². The van der Waals surface area contributed by atoms with Crippen LogP contribution in [0.25, 0.3) is 6.08 Å². The maximum atomic E-state index is 12.4. The Bertz CT molecular complexity index is 822. The lowest BCUT2D eigenvalue weighted by atomic mass is 9.98. The predicted molar refractivity (Wildman–Crippen MR) is 85.3 cm³/mol.